The number of hydrogen-bond donors (Lipinski definition) is 2. The molecule has 25 heavy (non-hydrogen) atoms. The number of aromatic hydroxyl groups is 1. The number of phenolic OH excluding ortho intramolecular Hbond substituents is 1. The first kappa shape index (κ1) is 18.3. The van der Waals surface area contributed by atoms with Crippen LogP contribution < -0.4 is 10.1 Å². The van der Waals surface area contributed by atoms with E-state index in [1.165, 1.54) is 12.1 Å². The molecule has 0 bridgehead atoms. The van der Waals surface area contributed by atoms with Crippen LogP contribution in [-0.4, -0.2) is 30.2 Å². The minimum Gasteiger partial charge on any atom is -0.508 e. The van der Waals surface area contributed by atoms with Gasteiger partial charge in [0.05, 0.1) is 13.5 Å². The van der Waals surface area contributed by atoms with Crippen LogP contribution in [0.1, 0.15) is 18.9 Å². The second-order valence-electron chi connectivity index (χ2n) is 5.45. The number of methoxy groups -OCH3 is 1. The molecule has 1 amide bonds. The van der Waals surface area contributed by atoms with Gasteiger partial charge in [-0.2, -0.15) is 0 Å². The van der Waals surface area contributed by atoms with Crippen molar-refractivity contribution in [3.63, 3.8) is 0 Å². The highest BCUT2D eigenvalue weighted by Gasteiger charge is 2.21. The molecule has 2 aromatic rings. The summed E-state index contributed by atoms with van der Waals surface area (Å²) in [5.41, 5.74) is 1.30. The van der Waals surface area contributed by atoms with Gasteiger partial charge in [-0.1, -0.05) is 19.1 Å². The molecule has 0 fully saturated rings. The fraction of sp³-hybridized carbons (Fsp3) is 0.263. The molecule has 2 rings (SSSR count). The molecule has 2 aromatic carbocycles. The number of anilines is 1. The first-order valence-electron chi connectivity index (χ1n) is 7.94. The number of phenols is 1. The van der Waals surface area contributed by atoms with E-state index < -0.39 is 18.0 Å². The number of hydrogen-bond acceptors (Lipinski definition) is 5. The van der Waals surface area contributed by atoms with Gasteiger partial charge in [0.25, 0.3) is 5.91 Å². The van der Waals surface area contributed by atoms with Crippen LogP contribution in [0.3, 0.4) is 0 Å². The third-order valence-electron chi connectivity index (χ3n) is 3.58. The summed E-state index contributed by atoms with van der Waals surface area (Å²) in [4.78, 5) is 24.3. The predicted octanol–water partition coefficient (Wildman–Crippen LogP) is 2.90. The maximum Gasteiger partial charge on any atom is 0.311 e. The van der Waals surface area contributed by atoms with E-state index in [0.717, 1.165) is 5.56 Å². The molecule has 0 saturated heterocycles. The fourth-order valence-electron chi connectivity index (χ4n) is 2.20. The molecule has 0 spiro atoms. The van der Waals surface area contributed by atoms with Gasteiger partial charge in [-0.25, -0.2) is 0 Å². The van der Waals surface area contributed by atoms with E-state index in [9.17, 15) is 14.7 Å². The zero-order valence-corrected chi connectivity index (χ0v) is 14.2. The third-order valence-corrected chi connectivity index (χ3v) is 3.58. The highest BCUT2D eigenvalue weighted by atomic mass is 16.5. The number of amides is 1. The summed E-state index contributed by atoms with van der Waals surface area (Å²) in [6.45, 7) is 1.77. The SMILES string of the molecule is CCC(OC(=O)Cc1ccc(OC)cc1)C(=O)Nc1ccc(O)cc1. The van der Waals surface area contributed by atoms with E-state index in [1.807, 2.05) is 0 Å². The Hall–Kier alpha value is -3.02. The Bertz CT molecular complexity index is 710. The molecular weight excluding hydrogens is 322 g/mol. The predicted molar refractivity (Wildman–Crippen MR) is 93.6 cm³/mol. The summed E-state index contributed by atoms with van der Waals surface area (Å²) >= 11 is 0. The largest absolute Gasteiger partial charge is 0.508 e. The molecule has 1 atom stereocenters. The van der Waals surface area contributed by atoms with Crippen molar-refractivity contribution in [1.82, 2.24) is 0 Å². The number of nitrogens with one attached hydrogen (secondary N) is 1. The van der Waals surface area contributed by atoms with Gasteiger partial charge < -0.3 is 19.9 Å². The van der Waals surface area contributed by atoms with Crippen molar-refractivity contribution in [1.29, 1.82) is 0 Å². The van der Waals surface area contributed by atoms with E-state index in [-0.39, 0.29) is 12.2 Å². The Morgan fingerprint density at radius 3 is 2.28 bits per heavy atom. The highest BCUT2D eigenvalue weighted by molar-refractivity contribution is 5.95. The van der Waals surface area contributed by atoms with Crippen LogP contribution in [0.25, 0.3) is 0 Å². The number of esters is 1. The van der Waals surface area contributed by atoms with Crippen molar-refractivity contribution in [3.05, 3.63) is 54.1 Å². The highest BCUT2D eigenvalue weighted by Crippen LogP contribution is 2.16. The molecule has 0 radical (unpaired) electrons. The summed E-state index contributed by atoms with van der Waals surface area (Å²) < 4.78 is 10.4. The van der Waals surface area contributed by atoms with E-state index in [0.29, 0.717) is 17.9 Å². The zero-order valence-electron chi connectivity index (χ0n) is 14.2. The summed E-state index contributed by atoms with van der Waals surface area (Å²) in [6.07, 6.45) is -0.440. The van der Waals surface area contributed by atoms with Gasteiger partial charge in [0, 0.05) is 5.69 Å². The zero-order chi connectivity index (χ0) is 18.2. The minimum absolute atomic E-state index is 0.0764. The fourth-order valence-corrected chi connectivity index (χ4v) is 2.20. The number of carbonyl (C=O) groups is 2. The molecule has 132 valence electrons. The lowest BCUT2D eigenvalue weighted by Gasteiger charge is -2.16. The molecule has 6 heteroatoms. The van der Waals surface area contributed by atoms with Crippen LogP contribution in [0, 0.1) is 0 Å². The Morgan fingerprint density at radius 2 is 1.72 bits per heavy atom. The Labute approximate surface area is 146 Å². The lowest BCUT2D eigenvalue weighted by molar-refractivity contribution is -0.153. The smallest absolute Gasteiger partial charge is 0.311 e. The van der Waals surface area contributed by atoms with E-state index in [2.05, 4.69) is 5.32 Å². The van der Waals surface area contributed by atoms with Gasteiger partial charge in [0.1, 0.15) is 11.5 Å². The first-order valence-corrected chi connectivity index (χ1v) is 7.94. The topological polar surface area (TPSA) is 84.9 Å². The molecule has 1 unspecified atom stereocenters. The molecule has 2 N–H and O–H groups in total. The minimum atomic E-state index is -0.875. The quantitative estimate of drug-likeness (QED) is 0.596. The van der Waals surface area contributed by atoms with Crippen molar-refractivity contribution in [2.75, 3.05) is 12.4 Å². The molecule has 0 aliphatic carbocycles. The van der Waals surface area contributed by atoms with Crippen LogP contribution in [0.5, 0.6) is 11.5 Å². The molecule has 0 heterocycles. The second kappa shape index (κ2) is 8.73. The average Bonchev–Trinajstić information content (AvgIpc) is 2.62. The summed E-state index contributed by atoms with van der Waals surface area (Å²) in [5.74, 6) is -0.0677. The normalized spacial score (nSPS) is 11.4. The van der Waals surface area contributed by atoms with Crippen LogP contribution >= 0.6 is 0 Å². The van der Waals surface area contributed by atoms with Crippen molar-refractivity contribution in [2.45, 2.75) is 25.9 Å². The molecular formula is C19H21NO5. The third kappa shape index (κ3) is 5.53. The number of ether oxygens (including phenoxy) is 2. The lowest BCUT2D eigenvalue weighted by Crippen LogP contribution is -2.32. The number of rotatable bonds is 7. The van der Waals surface area contributed by atoms with E-state index >= 15 is 0 Å². The second-order valence-corrected chi connectivity index (χ2v) is 5.45. The number of carbonyl (C=O) groups excluding carboxylic acids is 2. The maximum atomic E-state index is 12.2. The molecule has 0 aromatic heterocycles. The van der Waals surface area contributed by atoms with Crippen molar-refractivity contribution >= 4 is 17.6 Å². The van der Waals surface area contributed by atoms with Crippen molar-refractivity contribution in [2.24, 2.45) is 0 Å². The van der Waals surface area contributed by atoms with Gasteiger partial charge in [-0.15, -0.1) is 0 Å². The monoisotopic (exact) mass is 343 g/mol. The molecule has 6 nitrogen and oxygen atoms in total. The average molecular weight is 343 g/mol. The standard InChI is InChI=1S/C19H21NO5/c1-3-17(19(23)20-14-6-8-15(21)9-7-14)25-18(22)12-13-4-10-16(24-2)11-5-13/h4-11,17,21H,3,12H2,1-2H3,(H,20,23). The number of benzene rings is 2. The van der Waals surface area contributed by atoms with Gasteiger partial charge in [-0.3, -0.25) is 9.59 Å². The van der Waals surface area contributed by atoms with E-state index in [1.54, 1.807) is 50.4 Å². The van der Waals surface area contributed by atoms with Crippen LogP contribution in [0.15, 0.2) is 48.5 Å². The van der Waals surface area contributed by atoms with Crippen LogP contribution in [0.2, 0.25) is 0 Å². The summed E-state index contributed by atoms with van der Waals surface area (Å²) in [7, 11) is 1.57. The Kier molecular flexibility index (Phi) is 6.39. The maximum absolute atomic E-state index is 12.2. The van der Waals surface area contributed by atoms with Crippen molar-refractivity contribution in [3.8, 4) is 11.5 Å². The van der Waals surface area contributed by atoms with Gasteiger partial charge in [0.2, 0.25) is 0 Å². The summed E-state index contributed by atoms with van der Waals surface area (Å²) in [6, 6.07) is 13.1. The molecule has 0 saturated carbocycles. The summed E-state index contributed by atoms with van der Waals surface area (Å²) in [5, 5.41) is 11.9. The van der Waals surface area contributed by atoms with Crippen LogP contribution in [0.4, 0.5) is 5.69 Å². The first-order chi connectivity index (χ1) is 12.0. The van der Waals surface area contributed by atoms with Crippen LogP contribution in [-0.2, 0) is 20.7 Å². The van der Waals surface area contributed by atoms with Crippen molar-refractivity contribution < 1.29 is 24.2 Å². The van der Waals surface area contributed by atoms with Gasteiger partial charge >= 0.3 is 5.97 Å². The molecule has 0 aliphatic heterocycles. The lowest BCUT2D eigenvalue weighted by atomic mass is 10.1. The molecule has 0 aliphatic rings. The van der Waals surface area contributed by atoms with Gasteiger partial charge in [0.15, 0.2) is 6.10 Å². The Morgan fingerprint density at radius 1 is 1.08 bits per heavy atom. The van der Waals surface area contributed by atoms with Gasteiger partial charge in [-0.05, 0) is 48.4 Å². The Balaban J connectivity index is 1.91. The van der Waals surface area contributed by atoms with E-state index in [4.69, 9.17) is 9.47 Å².